The molecule has 0 amide bonds. The Balaban J connectivity index is 3.01. The van der Waals surface area contributed by atoms with Crippen LogP contribution in [0.25, 0.3) is 0 Å². The van der Waals surface area contributed by atoms with Gasteiger partial charge in [0.15, 0.2) is 0 Å². The average Bonchev–Trinajstić information content (AvgIpc) is 2.33. The molecule has 0 aromatic carbocycles. The molecule has 0 saturated heterocycles. The number of H-pyrrole nitrogens is 1. The van der Waals surface area contributed by atoms with Gasteiger partial charge in [0.1, 0.15) is 0 Å². The number of aromatic nitrogens is 3. The van der Waals surface area contributed by atoms with Crippen molar-refractivity contribution in [3.63, 3.8) is 0 Å². The van der Waals surface area contributed by atoms with Gasteiger partial charge in [0, 0.05) is 0 Å². The number of aliphatic hydroxyl groups excluding tert-OH is 1. The van der Waals surface area contributed by atoms with Crippen molar-refractivity contribution in [1.29, 1.82) is 0 Å². The minimum atomic E-state index is -0.244. The Bertz CT molecular complexity index is 246. The Morgan fingerprint density at radius 1 is 1.70 bits per heavy atom. The summed E-state index contributed by atoms with van der Waals surface area (Å²) in [5.74, 6) is 0. The van der Waals surface area contributed by atoms with Crippen molar-refractivity contribution in [2.75, 3.05) is 0 Å². The van der Waals surface area contributed by atoms with Gasteiger partial charge in [-0.3, -0.25) is 0 Å². The summed E-state index contributed by atoms with van der Waals surface area (Å²) in [4.78, 5) is 10.7. The van der Waals surface area contributed by atoms with E-state index in [9.17, 15) is 4.79 Å². The number of aliphatic hydroxyl groups is 1. The van der Waals surface area contributed by atoms with E-state index >= 15 is 0 Å². The molecular formula is C4H4N3O2Sn. The summed E-state index contributed by atoms with van der Waals surface area (Å²) in [5, 5.41) is 18.0. The Labute approximate surface area is 69.9 Å². The Hall–Kier alpha value is -0.431. The predicted octanol–water partition coefficient (Wildman–Crippen LogP) is -1.39. The van der Waals surface area contributed by atoms with Crippen molar-refractivity contribution in [3.05, 3.63) is 11.4 Å². The fourth-order valence-corrected chi connectivity index (χ4v) is 1.12. The minimum absolute atomic E-state index is 0.106. The van der Waals surface area contributed by atoms with E-state index in [0.717, 1.165) is 22.5 Å². The number of nitrogens with zero attached hydrogens (tertiary/aromatic N) is 2. The first-order chi connectivity index (χ1) is 4.75. The number of hydrogen-bond donors (Lipinski definition) is 2. The summed E-state index contributed by atoms with van der Waals surface area (Å²) >= 11 is 0.744. The van der Waals surface area contributed by atoms with Crippen LogP contribution in [0.1, 0.15) is 16.2 Å². The fourth-order valence-electron chi connectivity index (χ4n) is 0.545. The van der Waals surface area contributed by atoms with E-state index in [1.54, 1.807) is 0 Å². The molecule has 0 aliphatic heterocycles. The maximum absolute atomic E-state index is 10.7. The standard InChI is InChI=1S/C4H4N3O2.Sn/c8-1-3-4(2-9)6-7-5-3;/h8H,1H2,(H,5,6,7);. The molecule has 0 spiro atoms. The molecule has 6 heteroatoms. The first-order valence-electron chi connectivity index (χ1n) is 2.52. The quantitative estimate of drug-likeness (QED) is 0.628. The second kappa shape index (κ2) is 3.11. The molecule has 10 heavy (non-hydrogen) atoms. The van der Waals surface area contributed by atoms with Gasteiger partial charge in [0.25, 0.3) is 0 Å². The number of rotatable bonds is 2. The molecule has 0 aliphatic rings. The molecule has 1 aromatic heterocycles. The molecule has 0 atom stereocenters. The van der Waals surface area contributed by atoms with Crippen LogP contribution in [0.3, 0.4) is 0 Å². The summed E-state index contributed by atoms with van der Waals surface area (Å²) in [6.07, 6.45) is 0. The van der Waals surface area contributed by atoms with Crippen LogP contribution < -0.4 is 0 Å². The molecule has 0 saturated carbocycles. The molecule has 1 heterocycles. The fraction of sp³-hybridized carbons (Fsp3) is 0.250. The summed E-state index contributed by atoms with van der Waals surface area (Å²) in [6, 6.07) is 0. The predicted molar refractivity (Wildman–Crippen MR) is 32.4 cm³/mol. The number of nitrogens with one attached hydrogen (secondary N) is 1. The van der Waals surface area contributed by atoms with Crippen molar-refractivity contribution in [2.45, 2.75) is 6.61 Å². The summed E-state index contributed by atoms with van der Waals surface area (Å²) in [7, 11) is 0. The molecule has 0 bridgehead atoms. The van der Waals surface area contributed by atoms with Gasteiger partial charge in [-0.15, -0.1) is 0 Å². The molecule has 0 fully saturated rings. The summed E-state index contributed by atoms with van der Waals surface area (Å²) in [6.45, 7) is -0.244. The van der Waals surface area contributed by atoms with Gasteiger partial charge in [0.2, 0.25) is 0 Å². The molecule has 5 nitrogen and oxygen atoms in total. The zero-order valence-corrected chi connectivity index (χ0v) is 7.81. The van der Waals surface area contributed by atoms with Crippen LogP contribution in [0.4, 0.5) is 0 Å². The topological polar surface area (TPSA) is 78.9 Å². The first-order valence-corrected chi connectivity index (χ1v) is 3.95. The van der Waals surface area contributed by atoms with Gasteiger partial charge in [-0.1, -0.05) is 0 Å². The zero-order chi connectivity index (χ0) is 7.56. The van der Waals surface area contributed by atoms with Crippen molar-refractivity contribution in [2.24, 2.45) is 0 Å². The van der Waals surface area contributed by atoms with E-state index < -0.39 is 0 Å². The molecule has 0 aliphatic carbocycles. The van der Waals surface area contributed by atoms with Crippen molar-refractivity contribution >= 4 is 26.3 Å². The van der Waals surface area contributed by atoms with E-state index in [1.807, 2.05) is 0 Å². The van der Waals surface area contributed by atoms with Crippen LogP contribution in [-0.4, -0.2) is 46.8 Å². The number of carbonyl (C=O) groups excluding carboxylic acids is 1. The van der Waals surface area contributed by atoms with Crippen molar-refractivity contribution in [3.8, 4) is 0 Å². The van der Waals surface area contributed by atoms with Crippen LogP contribution in [0.15, 0.2) is 0 Å². The average molecular weight is 245 g/mol. The van der Waals surface area contributed by atoms with Crippen LogP contribution in [0.5, 0.6) is 0 Å². The van der Waals surface area contributed by atoms with E-state index in [2.05, 4.69) is 15.4 Å². The molecule has 2 N–H and O–H groups in total. The number of carbonyl (C=O) groups is 1. The van der Waals surface area contributed by atoms with E-state index in [0.29, 0.717) is 5.69 Å². The Morgan fingerprint density at radius 3 is 2.80 bits per heavy atom. The van der Waals surface area contributed by atoms with Gasteiger partial charge in [-0.25, -0.2) is 0 Å². The van der Waals surface area contributed by atoms with Crippen molar-refractivity contribution in [1.82, 2.24) is 15.4 Å². The third kappa shape index (κ3) is 1.35. The molecule has 1 aromatic rings. The second-order valence-electron chi connectivity index (χ2n) is 1.61. The molecular weight excluding hydrogens is 241 g/mol. The SMILES string of the molecule is O=[C]([Sn])c1n[nH]nc1CO. The first kappa shape index (κ1) is 7.67. The molecule has 3 radical (unpaired) electrons. The van der Waals surface area contributed by atoms with Crippen LogP contribution in [-0.2, 0) is 6.61 Å². The zero-order valence-electron chi connectivity index (χ0n) is 4.96. The van der Waals surface area contributed by atoms with E-state index in [4.69, 9.17) is 5.11 Å². The van der Waals surface area contributed by atoms with Gasteiger partial charge in [-0.05, 0) is 0 Å². The monoisotopic (exact) mass is 246 g/mol. The van der Waals surface area contributed by atoms with E-state index in [-0.39, 0.29) is 16.1 Å². The normalized spacial score (nSPS) is 9.80. The Morgan fingerprint density at radius 2 is 2.40 bits per heavy atom. The maximum atomic E-state index is 10.7. The van der Waals surface area contributed by atoms with Crippen molar-refractivity contribution < 1.29 is 9.90 Å². The second-order valence-corrected chi connectivity index (χ2v) is 2.90. The van der Waals surface area contributed by atoms with Crippen LogP contribution >= 0.6 is 0 Å². The molecule has 1 rings (SSSR count). The van der Waals surface area contributed by atoms with Crippen LogP contribution in [0, 0.1) is 0 Å². The molecule has 0 unspecified atom stereocenters. The van der Waals surface area contributed by atoms with Gasteiger partial charge in [-0.2, -0.15) is 0 Å². The summed E-state index contributed by atoms with van der Waals surface area (Å²) in [5.41, 5.74) is 0.572. The van der Waals surface area contributed by atoms with Gasteiger partial charge in [0.05, 0.1) is 0 Å². The van der Waals surface area contributed by atoms with Gasteiger partial charge < -0.3 is 0 Å². The summed E-state index contributed by atoms with van der Waals surface area (Å²) < 4.78 is -0.106. The molecule has 51 valence electrons. The number of hydrogen-bond acceptors (Lipinski definition) is 4. The third-order valence-corrected chi connectivity index (χ3v) is 1.66. The number of aromatic amines is 1. The van der Waals surface area contributed by atoms with Crippen LogP contribution in [0.2, 0.25) is 0 Å². The van der Waals surface area contributed by atoms with E-state index in [1.165, 1.54) is 0 Å². The third-order valence-electron chi connectivity index (χ3n) is 0.985. The Kier molecular flexibility index (Phi) is 2.38. The van der Waals surface area contributed by atoms with Gasteiger partial charge >= 0.3 is 69.6 Å².